The number of nitrogens with zero attached hydrogens (tertiary/aromatic N) is 1. The summed E-state index contributed by atoms with van der Waals surface area (Å²) >= 11 is 12.1. The van der Waals surface area contributed by atoms with Gasteiger partial charge in [-0.05, 0) is 38.1 Å². The fourth-order valence-corrected chi connectivity index (χ4v) is 2.38. The van der Waals surface area contributed by atoms with Crippen LogP contribution in [0.25, 0.3) is 0 Å². The number of pyridine rings is 1. The number of amides is 2. The molecule has 7 heteroatoms. The average Bonchev–Trinajstić information content (AvgIpc) is 2.56. The van der Waals surface area contributed by atoms with Crippen LogP contribution in [0.2, 0.25) is 10.0 Å². The van der Waals surface area contributed by atoms with Crippen LogP contribution in [0.1, 0.15) is 19.5 Å². The molecule has 126 valence electrons. The molecule has 0 unspecified atom stereocenters. The number of aromatic nitrogens is 1. The number of halogens is 2. The van der Waals surface area contributed by atoms with E-state index in [1.54, 1.807) is 36.5 Å². The van der Waals surface area contributed by atoms with Gasteiger partial charge in [0, 0.05) is 6.20 Å². The van der Waals surface area contributed by atoms with Crippen molar-refractivity contribution < 1.29 is 9.59 Å². The van der Waals surface area contributed by atoms with Gasteiger partial charge in [0.2, 0.25) is 11.8 Å². The Hall–Kier alpha value is -2.11. The van der Waals surface area contributed by atoms with E-state index in [4.69, 9.17) is 23.2 Å². The van der Waals surface area contributed by atoms with E-state index in [1.165, 1.54) is 13.8 Å². The van der Waals surface area contributed by atoms with E-state index in [1.807, 2.05) is 6.07 Å². The van der Waals surface area contributed by atoms with Gasteiger partial charge in [-0.2, -0.15) is 0 Å². The summed E-state index contributed by atoms with van der Waals surface area (Å²) in [6, 6.07) is 10.3. The van der Waals surface area contributed by atoms with Gasteiger partial charge in [0.05, 0.1) is 28.0 Å². The monoisotopic (exact) mass is 365 g/mol. The Kier molecular flexibility index (Phi) is 5.80. The summed E-state index contributed by atoms with van der Waals surface area (Å²) in [6.07, 6.45) is 1.64. The van der Waals surface area contributed by atoms with Crippen molar-refractivity contribution in [1.82, 2.24) is 10.3 Å². The zero-order valence-electron chi connectivity index (χ0n) is 13.3. The summed E-state index contributed by atoms with van der Waals surface area (Å²) in [5, 5.41) is 5.94. The van der Waals surface area contributed by atoms with Crippen LogP contribution >= 0.6 is 23.2 Å². The Morgan fingerprint density at radius 1 is 1.04 bits per heavy atom. The summed E-state index contributed by atoms with van der Waals surface area (Å²) in [7, 11) is 0. The minimum atomic E-state index is -1.31. The highest BCUT2D eigenvalue weighted by Crippen LogP contribution is 2.31. The van der Waals surface area contributed by atoms with Crippen LogP contribution in [-0.2, 0) is 16.1 Å². The Morgan fingerprint density at radius 2 is 1.71 bits per heavy atom. The van der Waals surface area contributed by atoms with Crippen molar-refractivity contribution in [1.29, 1.82) is 0 Å². The lowest BCUT2D eigenvalue weighted by Crippen LogP contribution is -2.45. The third-order valence-corrected chi connectivity index (χ3v) is 4.12. The topological polar surface area (TPSA) is 71.1 Å². The Bertz CT molecular complexity index is 729. The first-order valence-electron chi connectivity index (χ1n) is 7.26. The van der Waals surface area contributed by atoms with Gasteiger partial charge >= 0.3 is 0 Å². The molecule has 0 bridgehead atoms. The molecule has 24 heavy (non-hydrogen) atoms. The predicted molar refractivity (Wildman–Crippen MR) is 95.0 cm³/mol. The second kappa shape index (κ2) is 7.64. The highest BCUT2D eigenvalue weighted by Gasteiger charge is 2.36. The van der Waals surface area contributed by atoms with Gasteiger partial charge in [-0.3, -0.25) is 14.6 Å². The lowest BCUT2D eigenvalue weighted by atomic mass is 9.91. The van der Waals surface area contributed by atoms with Gasteiger partial charge < -0.3 is 10.6 Å². The molecule has 0 atom stereocenters. The summed E-state index contributed by atoms with van der Waals surface area (Å²) in [4.78, 5) is 29.0. The van der Waals surface area contributed by atoms with Gasteiger partial charge in [0.15, 0.2) is 0 Å². The quantitative estimate of drug-likeness (QED) is 0.794. The molecule has 0 spiro atoms. The molecule has 0 aliphatic heterocycles. The number of anilines is 1. The smallest absolute Gasteiger partial charge is 0.239 e. The van der Waals surface area contributed by atoms with Crippen LogP contribution in [0, 0.1) is 5.41 Å². The van der Waals surface area contributed by atoms with E-state index in [0.29, 0.717) is 15.7 Å². The minimum Gasteiger partial charge on any atom is -0.350 e. The molecule has 1 aromatic carbocycles. The van der Waals surface area contributed by atoms with Crippen LogP contribution in [0.4, 0.5) is 5.69 Å². The third kappa shape index (κ3) is 4.24. The first kappa shape index (κ1) is 18.2. The zero-order valence-corrected chi connectivity index (χ0v) is 14.8. The first-order chi connectivity index (χ1) is 11.3. The lowest BCUT2D eigenvalue weighted by Gasteiger charge is -2.23. The molecular weight excluding hydrogens is 349 g/mol. The van der Waals surface area contributed by atoms with Gasteiger partial charge in [-0.1, -0.05) is 35.3 Å². The maximum Gasteiger partial charge on any atom is 0.239 e. The van der Waals surface area contributed by atoms with Crippen LogP contribution in [-0.4, -0.2) is 16.8 Å². The normalized spacial score (nSPS) is 11.0. The first-order valence-corrected chi connectivity index (χ1v) is 8.01. The molecule has 0 saturated carbocycles. The molecule has 2 aromatic rings. The van der Waals surface area contributed by atoms with Crippen molar-refractivity contribution >= 4 is 40.7 Å². The highest BCUT2D eigenvalue weighted by molar-refractivity contribution is 6.40. The number of hydrogen-bond donors (Lipinski definition) is 2. The van der Waals surface area contributed by atoms with Crippen molar-refractivity contribution in [2.75, 3.05) is 5.32 Å². The highest BCUT2D eigenvalue weighted by atomic mass is 35.5. The average molecular weight is 366 g/mol. The number of hydrogen-bond acceptors (Lipinski definition) is 3. The fourth-order valence-electron chi connectivity index (χ4n) is 1.88. The van der Waals surface area contributed by atoms with Crippen molar-refractivity contribution in [2.45, 2.75) is 20.4 Å². The molecular formula is C17H17Cl2N3O2. The molecule has 0 aliphatic carbocycles. The van der Waals surface area contributed by atoms with E-state index in [0.717, 1.165) is 0 Å². The van der Waals surface area contributed by atoms with Gasteiger partial charge in [-0.15, -0.1) is 0 Å². The van der Waals surface area contributed by atoms with Crippen molar-refractivity contribution in [2.24, 2.45) is 5.41 Å². The predicted octanol–water partition coefficient (Wildman–Crippen LogP) is 3.67. The van der Waals surface area contributed by atoms with E-state index < -0.39 is 17.2 Å². The van der Waals surface area contributed by atoms with E-state index in [2.05, 4.69) is 15.6 Å². The van der Waals surface area contributed by atoms with Crippen molar-refractivity contribution in [3.8, 4) is 0 Å². The van der Waals surface area contributed by atoms with Gasteiger partial charge in [0.1, 0.15) is 5.41 Å². The van der Waals surface area contributed by atoms with Gasteiger partial charge in [0.25, 0.3) is 0 Å². The second-order valence-electron chi connectivity index (χ2n) is 5.68. The van der Waals surface area contributed by atoms with Crippen LogP contribution < -0.4 is 10.6 Å². The maximum atomic E-state index is 12.5. The van der Waals surface area contributed by atoms with Crippen LogP contribution in [0.3, 0.4) is 0 Å². The Balaban J connectivity index is 2.05. The van der Waals surface area contributed by atoms with E-state index in [9.17, 15) is 9.59 Å². The van der Waals surface area contributed by atoms with Crippen LogP contribution in [0.15, 0.2) is 42.6 Å². The molecule has 0 fully saturated rings. The standard InChI is InChI=1S/C17H17Cl2N3O2/c1-17(2,15(23)21-10-11-6-3-4-9-20-11)16(24)22-14-12(18)7-5-8-13(14)19/h3-9H,10H2,1-2H3,(H,21,23)(H,22,24). The maximum absolute atomic E-state index is 12.5. The SMILES string of the molecule is CC(C)(C(=O)NCc1ccccn1)C(=O)Nc1c(Cl)cccc1Cl. The minimum absolute atomic E-state index is 0.239. The fraction of sp³-hybridized carbons (Fsp3) is 0.235. The Labute approximate surface area is 150 Å². The molecule has 1 aromatic heterocycles. The number of carbonyl (C=O) groups is 2. The van der Waals surface area contributed by atoms with Crippen molar-refractivity contribution in [3.63, 3.8) is 0 Å². The number of para-hydroxylation sites is 1. The molecule has 0 saturated heterocycles. The molecule has 0 aliphatic rings. The molecule has 2 N–H and O–H groups in total. The summed E-state index contributed by atoms with van der Waals surface area (Å²) in [6.45, 7) is 3.30. The number of rotatable bonds is 5. The van der Waals surface area contributed by atoms with Crippen LogP contribution in [0.5, 0.6) is 0 Å². The molecule has 1 heterocycles. The number of benzene rings is 1. The molecule has 5 nitrogen and oxygen atoms in total. The largest absolute Gasteiger partial charge is 0.350 e. The zero-order chi connectivity index (χ0) is 17.7. The lowest BCUT2D eigenvalue weighted by molar-refractivity contribution is -0.138. The number of nitrogens with one attached hydrogen (secondary N) is 2. The third-order valence-electron chi connectivity index (χ3n) is 3.49. The second-order valence-corrected chi connectivity index (χ2v) is 6.49. The number of carbonyl (C=O) groups excluding carboxylic acids is 2. The van der Waals surface area contributed by atoms with Crippen molar-refractivity contribution in [3.05, 3.63) is 58.3 Å². The summed E-state index contributed by atoms with van der Waals surface area (Å²) in [5.74, 6) is -0.926. The van der Waals surface area contributed by atoms with Gasteiger partial charge in [-0.25, -0.2) is 0 Å². The van der Waals surface area contributed by atoms with E-state index >= 15 is 0 Å². The molecule has 2 amide bonds. The Morgan fingerprint density at radius 3 is 2.29 bits per heavy atom. The molecule has 2 rings (SSSR count). The summed E-state index contributed by atoms with van der Waals surface area (Å²) in [5.41, 5.74) is -0.315. The molecule has 0 radical (unpaired) electrons. The summed E-state index contributed by atoms with van der Waals surface area (Å²) < 4.78 is 0. The van der Waals surface area contributed by atoms with E-state index in [-0.39, 0.29) is 12.2 Å².